The third kappa shape index (κ3) is 3.62. The number of nitrogens with zero attached hydrogens (tertiary/aromatic N) is 3. The summed E-state index contributed by atoms with van der Waals surface area (Å²) in [6.07, 6.45) is 6.15. The Labute approximate surface area is 159 Å². The Morgan fingerprint density at radius 2 is 1.88 bits per heavy atom. The van der Waals surface area contributed by atoms with E-state index < -0.39 is 0 Å². The topological polar surface area (TPSA) is 36.4 Å². The van der Waals surface area contributed by atoms with E-state index in [4.69, 9.17) is 11.6 Å². The lowest BCUT2D eigenvalue weighted by atomic mass is 9.95. The zero-order valence-corrected chi connectivity index (χ0v) is 15.6. The van der Waals surface area contributed by atoms with Gasteiger partial charge in [-0.05, 0) is 61.8 Å². The molecule has 5 heteroatoms. The third-order valence-corrected chi connectivity index (χ3v) is 5.49. The number of rotatable bonds is 5. The molecule has 0 unspecified atom stereocenters. The van der Waals surface area contributed by atoms with Crippen LogP contribution in [0.4, 0.5) is 5.69 Å². The second-order valence-corrected chi connectivity index (χ2v) is 7.43. The first-order valence-electron chi connectivity index (χ1n) is 9.32. The molecule has 4 nitrogen and oxygen atoms in total. The molecule has 0 saturated carbocycles. The second-order valence-electron chi connectivity index (χ2n) is 7.00. The number of likely N-dealkylation sites (tertiary alicyclic amines) is 1. The molecule has 3 heterocycles. The maximum atomic E-state index is 13.2. The first-order chi connectivity index (χ1) is 12.7. The first-order valence-corrected chi connectivity index (χ1v) is 9.70. The van der Waals surface area contributed by atoms with Crippen LogP contribution < -0.4 is 4.90 Å². The van der Waals surface area contributed by atoms with Crippen molar-refractivity contribution in [3.63, 3.8) is 0 Å². The molecular formula is C21H23ClN3O. The zero-order valence-electron chi connectivity index (χ0n) is 14.8. The molecule has 0 atom stereocenters. The molecule has 4 rings (SSSR count). The summed E-state index contributed by atoms with van der Waals surface area (Å²) in [6, 6.07) is 11.5. The van der Waals surface area contributed by atoms with Crippen molar-refractivity contribution >= 4 is 23.2 Å². The van der Waals surface area contributed by atoms with Gasteiger partial charge in [-0.25, -0.2) is 0 Å². The van der Waals surface area contributed by atoms with Crippen molar-refractivity contribution in [2.45, 2.75) is 25.7 Å². The Morgan fingerprint density at radius 1 is 1.04 bits per heavy atom. The molecule has 0 N–H and O–H groups in total. The fourth-order valence-corrected chi connectivity index (χ4v) is 4.05. The van der Waals surface area contributed by atoms with Gasteiger partial charge in [-0.2, -0.15) is 0 Å². The average molecular weight is 369 g/mol. The van der Waals surface area contributed by atoms with Crippen LogP contribution in [0.5, 0.6) is 0 Å². The quantitative estimate of drug-likeness (QED) is 0.806. The molecule has 26 heavy (non-hydrogen) atoms. The number of amides is 1. The van der Waals surface area contributed by atoms with Crippen LogP contribution in [0.3, 0.4) is 0 Å². The van der Waals surface area contributed by atoms with E-state index in [1.807, 2.05) is 41.3 Å². The molecule has 1 fully saturated rings. The van der Waals surface area contributed by atoms with Gasteiger partial charge < -0.3 is 9.80 Å². The van der Waals surface area contributed by atoms with Gasteiger partial charge in [0, 0.05) is 42.1 Å². The van der Waals surface area contributed by atoms with Crippen molar-refractivity contribution < 1.29 is 4.79 Å². The first kappa shape index (κ1) is 17.5. The maximum Gasteiger partial charge on any atom is 0.239 e. The van der Waals surface area contributed by atoms with Crippen LogP contribution in [0.1, 0.15) is 30.5 Å². The minimum Gasteiger partial charge on any atom is -0.310 e. The third-order valence-electron chi connectivity index (χ3n) is 5.25. The molecule has 1 saturated heterocycles. The molecule has 135 valence electrons. The van der Waals surface area contributed by atoms with Crippen molar-refractivity contribution in [2.24, 2.45) is 0 Å². The van der Waals surface area contributed by atoms with Crippen molar-refractivity contribution in [1.29, 1.82) is 0 Å². The molecule has 1 radical (unpaired) electrons. The summed E-state index contributed by atoms with van der Waals surface area (Å²) in [6.45, 7) is 3.92. The van der Waals surface area contributed by atoms with Crippen molar-refractivity contribution in [3.8, 4) is 0 Å². The van der Waals surface area contributed by atoms with Gasteiger partial charge in [0.25, 0.3) is 0 Å². The summed E-state index contributed by atoms with van der Waals surface area (Å²) in [5, 5.41) is 0.660. The van der Waals surface area contributed by atoms with E-state index in [2.05, 4.69) is 9.88 Å². The molecule has 2 aromatic rings. The summed E-state index contributed by atoms with van der Waals surface area (Å²) in [5.41, 5.74) is 2.83. The highest BCUT2D eigenvalue weighted by Crippen LogP contribution is 2.39. The number of fused-ring (bicyclic) bond motifs is 1. The van der Waals surface area contributed by atoms with Crippen LogP contribution in [0.25, 0.3) is 0 Å². The molecule has 1 aromatic heterocycles. The molecule has 2 aliphatic rings. The van der Waals surface area contributed by atoms with Crippen LogP contribution in [-0.4, -0.2) is 42.0 Å². The predicted octanol–water partition coefficient (Wildman–Crippen LogP) is 3.73. The fourth-order valence-electron chi connectivity index (χ4n) is 3.87. The molecule has 2 aliphatic heterocycles. The van der Waals surface area contributed by atoms with E-state index in [-0.39, 0.29) is 5.91 Å². The minimum atomic E-state index is 0.0879. The van der Waals surface area contributed by atoms with E-state index in [0.717, 1.165) is 49.0 Å². The average Bonchev–Trinajstić information content (AvgIpc) is 2.93. The largest absolute Gasteiger partial charge is 0.310 e. The van der Waals surface area contributed by atoms with Crippen LogP contribution >= 0.6 is 11.6 Å². The molecule has 1 amide bonds. The number of carbonyl (C=O) groups excluding carboxylic acids is 1. The summed E-state index contributed by atoms with van der Waals surface area (Å²) in [7, 11) is 0. The van der Waals surface area contributed by atoms with E-state index >= 15 is 0 Å². The summed E-state index contributed by atoms with van der Waals surface area (Å²) in [4.78, 5) is 21.9. The van der Waals surface area contributed by atoms with E-state index in [1.54, 1.807) is 6.20 Å². The molecule has 0 spiro atoms. The second kappa shape index (κ2) is 7.77. The lowest BCUT2D eigenvalue weighted by Crippen LogP contribution is -2.40. The van der Waals surface area contributed by atoms with Crippen molar-refractivity contribution in [3.05, 3.63) is 64.8 Å². The Bertz CT molecular complexity index is 774. The zero-order chi connectivity index (χ0) is 17.9. The van der Waals surface area contributed by atoms with E-state index in [0.29, 0.717) is 11.4 Å². The van der Waals surface area contributed by atoms with Crippen LogP contribution in [0, 0.1) is 5.92 Å². The van der Waals surface area contributed by atoms with Gasteiger partial charge in [-0.1, -0.05) is 24.1 Å². The van der Waals surface area contributed by atoms with Crippen molar-refractivity contribution in [2.75, 3.05) is 31.1 Å². The number of halogens is 1. The molecular weight excluding hydrogens is 346 g/mol. The van der Waals surface area contributed by atoms with Crippen LogP contribution in [0.2, 0.25) is 5.02 Å². The molecule has 0 bridgehead atoms. The summed E-state index contributed by atoms with van der Waals surface area (Å²) < 4.78 is 0. The number of hydrogen-bond acceptors (Lipinski definition) is 3. The normalized spacial score (nSPS) is 18.3. The van der Waals surface area contributed by atoms with E-state index in [1.165, 1.54) is 19.3 Å². The SMILES string of the molecule is O=C1[C](Cc2ccccn2)c2cc(Cl)ccc2N1CCN1CCCCC1. The summed E-state index contributed by atoms with van der Waals surface area (Å²) >= 11 is 6.22. The van der Waals surface area contributed by atoms with Crippen molar-refractivity contribution in [1.82, 2.24) is 9.88 Å². The standard InChI is InChI=1S/C21H23ClN3O/c22-16-7-8-20-18(14-16)19(15-17-6-2-3-9-23-17)21(26)25(20)13-12-24-10-4-1-5-11-24/h2-3,6-9,14H,1,4-5,10-13,15H2. The lowest BCUT2D eigenvalue weighted by Gasteiger charge is -2.28. The van der Waals surface area contributed by atoms with E-state index in [9.17, 15) is 4.79 Å². The maximum absolute atomic E-state index is 13.2. The highest BCUT2D eigenvalue weighted by Gasteiger charge is 2.38. The number of benzene rings is 1. The summed E-state index contributed by atoms with van der Waals surface area (Å²) in [5.74, 6) is 0.879. The molecule has 0 aliphatic carbocycles. The highest BCUT2D eigenvalue weighted by atomic mass is 35.5. The number of pyridine rings is 1. The number of aromatic nitrogens is 1. The number of carbonyl (C=O) groups is 1. The highest BCUT2D eigenvalue weighted by molar-refractivity contribution is 6.31. The molecule has 1 aromatic carbocycles. The van der Waals surface area contributed by atoms with Gasteiger partial charge in [0.05, 0.1) is 0 Å². The smallest absolute Gasteiger partial charge is 0.239 e. The lowest BCUT2D eigenvalue weighted by molar-refractivity contribution is -0.116. The van der Waals surface area contributed by atoms with Gasteiger partial charge in [0.15, 0.2) is 0 Å². The van der Waals surface area contributed by atoms with Crippen LogP contribution in [0.15, 0.2) is 42.6 Å². The minimum absolute atomic E-state index is 0.0879. The monoisotopic (exact) mass is 368 g/mol. The number of anilines is 1. The Hall–Kier alpha value is -1.91. The Kier molecular flexibility index (Phi) is 5.23. The predicted molar refractivity (Wildman–Crippen MR) is 104 cm³/mol. The van der Waals surface area contributed by atoms with Gasteiger partial charge in [0.1, 0.15) is 5.92 Å². The Morgan fingerprint density at radius 3 is 2.65 bits per heavy atom. The van der Waals surface area contributed by atoms with Crippen LogP contribution in [-0.2, 0) is 11.2 Å². The fraction of sp³-hybridized carbons (Fsp3) is 0.381. The van der Waals surface area contributed by atoms with Gasteiger partial charge in [-0.15, -0.1) is 0 Å². The van der Waals surface area contributed by atoms with Gasteiger partial charge in [0.2, 0.25) is 5.91 Å². The Balaban J connectivity index is 1.55. The van der Waals surface area contributed by atoms with Gasteiger partial charge in [-0.3, -0.25) is 9.78 Å². The number of piperidine rings is 1. The van der Waals surface area contributed by atoms with Gasteiger partial charge >= 0.3 is 0 Å². The number of hydrogen-bond donors (Lipinski definition) is 0.